The van der Waals surface area contributed by atoms with Gasteiger partial charge in [-0.2, -0.15) is 0 Å². The lowest BCUT2D eigenvalue weighted by atomic mass is 10.0. The van der Waals surface area contributed by atoms with Gasteiger partial charge in [-0.25, -0.2) is 8.42 Å². The topological polar surface area (TPSA) is 63.2 Å². The third kappa shape index (κ3) is 3.56. The summed E-state index contributed by atoms with van der Waals surface area (Å²) in [5, 5.41) is 2.84. The largest absolute Gasteiger partial charge is 0.352 e. The average Bonchev–Trinajstić information content (AvgIpc) is 2.66. The van der Waals surface area contributed by atoms with Crippen LogP contribution in [0.3, 0.4) is 0 Å². The van der Waals surface area contributed by atoms with E-state index < -0.39 is 9.84 Å². The van der Waals surface area contributed by atoms with Gasteiger partial charge in [-0.1, -0.05) is 17.7 Å². The highest BCUT2D eigenvalue weighted by atomic mass is 32.2. The highest BCUT2D eigenvalue weighted by Crippen LogP contribution is 2.17. The molecule has 1 saturated heterocycles. The van der Waals surface area contributed by atoms with E-state index in [0.717, 1.165) is 11.1 Å². The molecule has 0 unspecified atom stereocenters. The molecule has 104 valence electrons. The third-order valence-corrected chi connectivity index (χ3v) is 5.34. The maximum absolute atomic E-state index is 12.0. The number of rotatable bonds is 3. The number of carbonyl (C=O) groups excluding carboxylic acids is 1. The molecule has 1 aromatic carbocycles. The van der Waals surface area contributed by atoms with E-state index in [0.29, 0.717) is 18.5 Å². The van der Waals surface area contributed by atoms with Crippen LogP contribution in [-0.4, -0.2) is 32.4 Å². The van der Waals surface area contributed by atoms with Crippen LogP contribution in [0.15, 0.2) is 18.2 Å². The second-order valence-corrected chi connectivity index (χ2v) is 7.53. The number of sulfone groups is 1. The van der Waals surface area contributed by atoms with Crippen LogP contribution in [0.4, 0.5) is 0 Å². The molecule has 0 spiro atoms. The molecule has 2 rings (SSSR count). The van der Waals surface area contributed by atoms with E-state index in [1.807, 2.05) is 32.0 Å². The van der Waals surface area contributed by atoms with Crippen molar-refractivity contribution in [1.82, 2.24) is 5.32 Å². The van der Waals surface area contributed by atoms with Crippen LogP contribution in [0, 0.1) is 19.8 Å². The first kappa shape index (κ1) is 14.1. The van der Waals surface area contributed by atoms with Gasteiger partial charge in [0.25, 0.3) is 5.91 Å². The van der Waals surface area contributed by atoms with E-state index in [4.69, 9.17) is 0 Å². The smallest absolute Gasteiger partial charge is 0.251 e. The molecule has 0 bridgehead atoms. The lowest BCUT2D eigenvalue weighted by Crippen LogP contribution is -2.30. The normalized spacial score (nSPS) is 21.3. The lowest BCUT2D eigenvalue weighted by molar-refractivity contribution is 0.0948. The lowest BCUT2D eigenvalue weighted by Gasteiger charge is -2.11. The monoisotopic (exact) mass is 281 g/mol. The maximum Gasteiger partial charge on any atom is 0.251 e. The summed E-state index contributed by atoms with van der Waals surface area (Å²) in [4.78, 5) is 12.0. The van der Waals surface area contributed by atoms with Crippen LogP contribution in [-0.2, 0) is 9.84 Å². The Bertz CT molecular complexity index is 593. The Balaban J connectivity index is 1.95. The molecule has 0 aliphatic carbocycles. The number of nitrogens with one attached hydrogen (secondary N) is 1. The summed E-state index contributed by atoms with van der Waals surface area (Å²) in [5.41, 5.74) is 2.72. The summed E-state index contributed by atoms with van der Waals surface area (Å²) in [7, 11) is -2.87. The van der Waals surface area contributed by atoms with Crippen molar-refractivity contribution in [2.75, 3.05) is 18.1 Å². The van der Waals surface area contributed by atoms with Crippen molar-refractivity contribution in [3.05, 3.63) is 34.9 Å². The van der Waals surface area contributed by atoms with Gasteiger partial charge in [0.1, 0.15) is 0 Å². The standard InChI is InChI=1S/C14H19NO3S/c1-10-3-4-13(11(2)7-10)14(16)15-8-12-5-6-19(17,18)9-12/h3-4,7,12H,5-6,8-9H2,1-2H3,(H,15,16)/t12-/m0/s1. The summed E-state index contributed by atoms with van der Waals surface area (Å²) in [6.07, 6.45) is 0.648. The molecule has 19 heavy (non-hydrogen) atoms. The molecular formula is C14H19NO3S. The molecule has 0 saturated carbocycles. The molecule has 1 atom stereocenters. The van der Waals surface area contributed by atoms with Gasteiger partial charge >= 0.3 is 0 Å². The molecule has 1 fully saturated rings. The summed E-state index contributed by atoms with van der Waals surface area (Å²) in [6, 6.07) is 5.68. The summed E-state index contributed by atoms with van der Waals surface area (Å²) in [6.45, 7) is 4.32. The number of hydrogen-bond acceptors (Lipinski definition) is 3. The molecule has 0 aromatic heterocycles. The third-order valence-electron chi connectivity index (χ3n) is 3.50. The number of amides is 1. The SMILES string of the molecule is Cc1ccc(C(=O)NC[C@@H]2CCS(=O)(=O)C2)c(C)c1. The highest BCUT2D eigenvalue weighted by Gasteiger charge is 2.28. The van der Waals surface area contributed by atoms with E-state index in [-0.39, 0.29) is 23.3 Å². The van der Waals surface area contributed by atoms with Crippen LogP contribution in [0.1, 0.15) is 27.9 Å². The quantitative estimate of drug-likeness (QED) is 0.912. The van der Waals surface area contributed by atoms with Gasteiger partial charge in [0.05, 0.1) is 11.5 Å². The van der Waals surface area contributed by atoms with E-state index in [9.17, 15) is 13.2 Å². The Labute approximate surface area is 114 Å². The molecule has 1 aliphatic heterocycles. The van der Waals surface area contributed by atoms with Gasteiger partial charge in [0, 0.05) is 12.1 Å². The van der Waals surface area contributed by atoms with Crippen molar-refractivity contribution in [3.63, 3.8) is 0 Å². The van der Waals surface area contributed by atoms with E-state index in [1.54, 1.807) is 0 Å². The fraction of sp³-hybridized carbons (Fsp3) is 0.500. The van der Waals surface area contributed by atoms with Gasteiger partial charge in [-0.15, -0.1) is 0 Å². The van der Waals surface area contributed by atoms with Gasteiger partial charge in [0.2, 0.25) is 0 Å². The zero-order chi connectivity index (χ0) is 14.0. The molecule has 0 radical (unpaired) electrons. The van der Waals surface area contributed by atoms with Crippen molar-refractivity contribution < 1.29 is 13.2 Å². The van der Waals surface area contributed by atoms with E-state index in [1.165, 1.54) is 0 Å². The van der Waals surface area contributed by atoms with Gasteiger partial charge in [-0.3, -0.25) is 4.79 Å². The van der Waals surface area contributed by atoms with Crippen molar-refractivity contribution in [3.8, 4) is 0 Å². The van der Waals surface area contributed by atoms with Gasteiger partial charge in [0.15, 0.2) is 9.84 Å². The molecule has 1 amide bonds. The van der Waals surface area contributed by atoms with Gasteiger partial charge in [-0.05, 0) is 37.8 Å². The Morgan fingerprint density at radius 3 is 2.68 bits per heavy atom. The first-order chi connectivity index (χ1) is 8.87. The molecular weight excluding hydrogens is 262 g/mol. The number of hydrogen-bond donors (Lipinski definition) is 1. The predicted molar refractivity (Wildman–Crippen MR) is 75.0 cm³/mol. The zero-order valence-corrected chi connectivity index (χ0v) is 12.1. The van der Waals surface area contributed by atoms with Crippen LogP contribution in [0.2, 0.25) is 0 Å². The number of benzene rings is 1. The molecule has 1 aliphatic rings. The second-order valence-electron chi connectivity index (χ2n) is 5.30. The Morgan fingerprint density at radius 2 is 2.11 bits per heavy atom. The minimum atomic E-state index is -2.87. The van der Waals surface area contributed by atoms with Crippen molar-refractivity contribution >= 4 is 15.7 Å². The molecule has 1 N–H and O–H groups in total. The van der Waals surface area contributed by atoms with E-state index in [2.05, 4.69) is 5.32 Å². The second kappa shape index (κ2) is 5.33. The predicted octanol–water partition coefficient (Wildman–Crippen LogP) is 1.47. The molecule has 1 heterocycles. The van der Waals surface area contributed by atoms with Crippen LogP contribution >= 0.6 is 0 Å². The maximum atomic E-state index is 12.0. The van der Waals surface area contributed by atoms with Crippen LogP contribution in [0.5, 0.6) is 0 Å². The highest BCUT2D eigenvalue weighted by molar-refractivity contribution is 7.91. The van der Waals surface area contributed by atoms with Crippen LogP contribution in [0.25, 0.3) is 0 Å². The molecule has 1 aromatic rings. The van der Waals surface area contributed by atoms with Crippen molar-refractivity contribution in [2.24, 2.45) is 5.92 Å². The number of carbonyl (C=O) groups is 1. The average molecular weight is 281 g/mol. The van der Waals surface area contributed by atoms with Crippen molar-refractivity contribution in [1.29, 1.82) is 0 Å². The Kier molecular flexibility index (Phi) is 3.94. The summed E-state index contributed by atoms with van der Waals surface area (Å²) < 4.78 is 22.7. The minimum absolute atomic E-state index is 0.0553. The fourth-order valence-electron chi connectivity index (χ4n) is 2.43. The first-order valence-electron chi connectivity index (χ1n) is 6.43. The van der Waals surface area contributed by atoms with Gasteiger partial charge < -0.3 is 5.32 Å². The molecule has 5 heteroatoms. The fourth-order valence-corrected chi connectivity index (χ4v) is 4.30. The summed E-state index contributed by atoms with van der Waals surface area (Å²) in [5.74, 6) is 0.374. The number of aryl methyl sites for hydroxylation is 2. The Hall–Kier alpha value is -1.36. The zero-order valence-electron chi connectivity index (χ0n) is 11.3. The van der Waals surface area contributed by atoms with E-state index >= 15 is 0 Å². The Morgan fingerprint density at radius 1 is 1.37 bits per heavy atom. The van der Waals surface area contributed by atoms with Crippen LogP contribution < -0.4 is 5.32 Å². The first-order valence-corrected chi connectivity index (χ1v) is 8.25. The summed E-state index contributed by atoms with van der Waals surface area (Å²) >= 11 is 0. The minimum Gasteiger partial charge on any atom is -0.352 e. The van der Waals surface area contributed by atoms with Crippen molar-refractivity contribution in [2.45, 2.75) is 20.3 Å². The molecule has 4 nitrogen and oxygen atoms in total.